The maximum absolute atomic E-state index is 13.6. The molecular formula is C67H86Cl2F12N12O8. The number of halogens is 14. The topological polar surface area (TPSA) is 249 Å². The summed E-state index contributed by atoms with van der Waals surface area (Å²) in [5.74, 6) is -3.28. The van der Waals surface area contributed by atoms with Crippen LogP contribution >= 0.6 is 24.8 Å². The smallest absolute Gasteiger partial charge is 0.416 e. The summed E-state index contributed by atoms with van der Waals surface area (Å²) in [7, 11) is 0. The van der Waals surface area contributed by atoms with Gasteiger partial charge >= 0.3 is 30.8 Å². The van der Waals surface area contributed by atoms with Crippen LogP contribution in [0.5, 0.6) is 0 Å². The van der Waals surface area contributed by atoms with Crippen LogP contribution < -0.4 is 16.0 Å². The third kappa shape index (κ3) is 23.8. The number of carbonyl (C=O) groups excluding carboxylic acids is 6. The molecule has 7 aliphatic heterocycles. The molecule has 4 saturated heterocycles. The van der Waals surface area contributed by atoms with Crippen LogP contribution in [0.3, 0.4) is 0 Å². The van der Waals surface area contributed by atoms with E-state index in [1.54, 1.807) is 20.9 Å². The summed E-state index contributed by atoms with van der Waals surface area (Å²) in [4.78, 5) is 68.3. The number of likely N-dealkylation sites (tertiary alicyclic amines) is 3. The number of carbonyl (C=O) groups is 4. The molecule has 101 heavy (non-hydrogen) atoms. The summed E-state index contributed by atoms with van der Waals surface area (Å²) in [5, 5.41) is 31.5. The second-order valence-corrected chi connectivity index (χ2v) is 26.3. The molecule has 0 aliphatic carbocycles. The molecule has 1 atom stereocenters. The highest BCUT2D eigenvalue weighted by Gasteiger charge is 2.41. The average molecular weight is 1490 g/mol. The molecular weight excluding hydrogens is 1400 g/mol. The molecule has 20 nitrogen and oxygen atoms in total. The first-order chi connectivity index (χ1) is 46.6. The number of nitrogens with one attached hydrogen (secondary N) is 5. The van der Waals surface area contributed by atoms with Crippen molar-refractivity contribution in [1.29, 1.82) is 0 Å². The van der Waals surface area contributed by atoms with Gasteiger partial charge in [0.2, 0.25) is 0 Å². The Hall–Kier alpha value is -7.90. The van der Waals surface area contributed by atoms with E-state index in [1.165, 1.54) is 0 Å². The lowest BCUT2D eigenvalue weighted by atomic mass is 9.86. The van der Waals surface area contributed by atoms with Crippen LogP contribution in [0.4, 0.5) is 57.5 Å². The SMILES string of the molecule is CC(C)(C)OC(=O)N1CCC2=NN=CC2C1.CC(C)(C)OC=O.Cl.Cl.Fc1ccc(C(F)(F)F)c(C2CCNCC2)c1.O=C(c1n[nH]c2c1CNCC2)N1CCC(c2cc(F)ccc2C(F)(F)F)CC1.O=C(c1n[nH]c2c1CNCC2)N1CCC(c2cc(F)ccc2C(F)(F)F)CC1.O=C=O.[HH].[HH]. The van der Waals surface area contributed by atoms with E-state index in [1.807, 2.05) is 41.5 Å². The minimum Gasteiger partial charge on any atom is -0.462 e. The van der Waals surface area contributed by atoms with Gasteiger partial charge in [-0.3, -0.25) is 24.6 Å². The van der Waals surface area contributed by atoms with Crippen LogP contribution in [0.2, 0.25) is 0 Å². The zero-order valence-electron chi connectivity index (χ0n) is 56.3. The van der Waals surface area contributed by atoms with Crippen LogP contribution in [0, 0.1) is 23.4 Å². The normalized spacial score (nSPS) is 17.8. The fourth-order valence-corrected chi connectivity index (χ4v) is 12.4. The van der Waals surface area contributed by atoms with Crippen LogP contribution in [0.1, 0.15) is 184 Å². The largest absolute Gasteiger partial charge is 0.462 e. The van der Waals surface area contributed by atoms with Gasteiger partial charge in [0.05, 0.1) is 28.3 Å². The van der Waals surface area contributed by atoms with Crippen molar-refractivity contribution in [3.63, 3.8) is 0 Å². The van der Waals surface area contributed by atoms with Crippen molar-refractivity contribution in [2.24, 2.45) is 16.1 Å². The molecule has 2 aromatic heterocycles. The van der Waals surface area contributed by atoms with Crippen LogP contribution in [-0.4, -0.2) is 154 Å². The lowest BCUT2D eigenvalue weighted by Crippen LogP contribution is -2.45. The summed E-state index contributed by atoms with van der Waals surface area (Å²) in [6, 6.07) is 7.94. The number of hydrogen-bond donors (Lipinski definition) is 5. The average Bonchev–Trinajstić information content (AvgIpc) is 1.47. The third-order valence-corrected chi connectivity index (χ3v) is 17.2. The van der Waals surface area contributed by atoms with E-state index in [2.05, 4.69) is 51.3 Å². The standard InChI is InChI=1S/2C19H20F4N4O.C12H13F4N.C11H17N3O2.C5H10O2.CO2.2ClH.2H2/c2*20-12-1-2-15(19(21,22)23)13(9-12)11-4-7-27(8-5-11)18(28)17-14-10-24-6-3-16(14)25-26-17;13-9-1-2-11(12(14,15)16)10(7-9)8-3-5-17-6-4-8;1-11(2,3)16-10(15)14-5-4-9-8(7-14)6-12-13-9;1-5(2,3)7-4-6;2-1-3;;;;/h2*1-2,9,11,24H,3-8,10H2,(H,25,26);1-2,7-8,17H,3-6H2;6,8H,4-5,7H2,1-3H3;4H,1-3H3;;4*1H. The van der Waals surface area contributed by atoms with E-state index < -0.39 is 70.1 Å². The van der Waals surface area contributed by atoms with Crippen LogP contribution in [-0.2, 0) is 68.3 Å². The maximum Gasteiger partial charge on any atom is 0.416 e. The molecule has 1 unspecified atom stereocenters. The van der Waals surface area contributed by atoms with Crippen molar-refractivity contribution in [1.82, 2.24) is 51.0 Å². The Morgan fingerprint density at radius 3 is 1.28 bits per heavy atom. The number of benzene rings is 3. The molecule has 9 heterocycles. The lowest BCUT2D eigenvalue weighted by molar-refractivity contribution is -0.191. The summed E-state index contributed by atoms with van der Waals surface area (Å²) in [5.41, 5.74) is 2.45. The van der Waals surface area contributed by atoms with Gasteiger partial charge in [-0.25, -0.2) is 18.0 Å². The molecule has 5 N–H and O–H groups in total. The second kappa shape index (κ2) is 36.8. The summed E-state index contributed by atoms with van der Waals surface area (Å²) < 4.78 is 168. The molecule has 34 heteroatoms. The van der Waals surface area contributed by atoms with E-state index in [-0.39, 0.29) is 85.9 Å². The summed E-state index contributed by atoms with van der Waals surface area (Å²) in [6.45, 7) is 18.2. The number of amides is 3. The van der Waals surface area contributed by atoms with Gasteiger partial charge in [-0.2, -0.15) is 69.5 Å². The molecule has 0 bridgehead atoms. The van der Waals surface area contributed by atoms with E-state index >= 15 is 0 Å². The highest BCUT2D eigenvalue weighted by atomic mass is 35.5. The number of ether oxygens (including phenoxy) is 2. The number of fused-ring (bicyclic) bond motifs is 3. The van der Waals surface area contributed by atoms with Crippen molar-refractivity contribution >= 4 is 67.3 Å². The number of hydrogen-bond acceptors (Lipinski definition) is 15. The van der Waals surface area contributed by atoms with Crippen molar-refractivity contribution in [3.8, 4) is 0 Å². The number of aromatic amines is 2. The van der Waals surface area contributed by atoms with Crippen LogP contribution in [0.25, 0.3) is 0 Å². The molecule has 560 valence electrons. The van der Waals surface area contributed by atoms with Gasteiger partial charge in [0.15, 0.2) is 11.4 Å². The number of alkyl halides is 9. The van der Waals surface area contributed by atoms with E-state index in [0.29, 0.717) is 122 Å². The molecule has 0 radical (unpaired) electrons. The van der Waals surface area contributed by atoms with Crippen molar-refractivity contribution in [2.75, 3.05) is 65.4 Å². The first-order valence-electron chi connectivity index (χ1n) is 32.2. The van der Waals surface area contributed by atoms with Gasteiger partial charge < -0.3 is 40.1 Å². The van der Waals surface area contributed by atoms with Crippen molar-refractivity contribution in [2.45, 2.75) is 160 Å². The molecule has 0 saturated carbocycles. The minimum absolute atomic E-state index is 0. The Kier molecular flexibility index (Phi) is 30.5. The Balaban J connectivity index is 0.000000345. The highest BCUT2D eigenvalue weighted by Crippen LogP contribution is 2.42. The Morgan fingerprint density at radius 2 is 0.931 bits per heavy atom. The van der Waals surface area contributed by atoms with E-state index in [9.17, 15) is 71.9 Å². The first-order valence-corrected chi connectivity index (χ1v) is 32.2. The Labute approximate surface area is 590 Å². The quantitative estimate of drug-likeness (QED) is 0.0785. The maximum atomic E-state index is 13.6. The van der Waals surface area contributed by atoms with E-state index in [0.717, 1.165) is 115 Å². The molecule has 4 fully saturated rings. The second-order valence-electron chi connectivity index (χ2n) is 26.3. The van der Waals surface area contributed by atoms with Gasteiger partial charge in [-0.15, -0.1) is 24.8 Å². The molecule has 3 amide bonds. The van der Waals surface area contributed by atoms with Crippen molar-refractivity contribution < 1.29 is 93.8 Å². The predicted molar refractivity (Wildman–Crippen MR) is 355 cm³/mol. The summed E-state index contributed by atoms with van der Waals surface area (Å²) >= 11 is 0. The monoisotopic (exact) mass is 1480 g/mol. The van der Waals surface area contributed by atoms with Crippen LogP contribution in [0.15, 0.2) is 64.8 Å². The Bertz CT molecular complexity index is 3550. The van der Waals surface area contributed by atoms with Gasteiger partial charge in [-0.1, -0.05) is 0 Å². The Morgan fingerprint density at radius 1 is 0.545 bits per heavy atom. The number of aromatic nitrogens is 4. The van der Waals surface area contributed by atoms with Gasteiger partial charge in [-0.05, 0) is 182 Å². The molecule has 12 rings (SSSR count). The lowest BCUT2D eigenvalue weighted by Gasteiger charge is -2.33. The predicted octanol–water partition coefficient (Wildman–Crippen LogP) is 13.2. The zero-order chi connectivity index (χ0) is 72.6. The number of rotatable bonds is 6. The van der Waals surface area contributed by atoms with Crippen molar-refractivity contribution in [3.05, 3.63) is 139 Å². The highest BCUT2D eigenvalue weighted by molar-refractivity contribution is 6.03. The summed E-state index contributed by atoms with van der Waals surface area (Å²) in [6.07, 6.45) is -6.68. The molecule has 3 aromatic carbocycles. The fourth-order valence-electron chi connectivity index (χ4n) is 12.4. The molecule has 5 aromatic rings. The minimum atomic E-state index is -4.53. The van der Waals surface area contributed by atoms with Gasteiger partial charge in [0, 0.05) is 116 Å². The number of piperidine rings is 4. The first kappa shape index (κ1) is 83.8. The fraction of sp³-hybridized carbons (Fsp3) is 0.537. The van der Waals surface area contributed by atoms with E-state index in [4.69, 9.17) is 14.3 Å². The molecule has 0 spiro atoms. The van der Waals surface area contributed by atoms with Gasteiger partial charge in [0.1, 0.15) is 28.7 Å². The zero-order valence-corrected chi connectivity index (χ0v) is 57.9. The number of nitrogens with zero attached hydrogens (tertiary/aromatic N) is 7. The van der Waals surface area contributed by atoms with Gasteiger partial charge in [0.25, 0.3) is 18.3 Å². The molecule has 7 aliphatic rings. The third-order valence-electron chi connectivity index (χ3n) is 17.2. The number of H-pyrrole nitrogens is 2.